The highest BCUT2D eigenvalue weighted by Crippen LogP contribution is 2.26. The Morgan fingerprint density at radius 1 is 1.52 bits per heavy atom. The van der Waals surface area contributed by atoms with Crippen LogP contribution in [0.2, 0.25) is 5.15 Å². The fourth-order valence-corrected chi connectivity index (χ4v) is 3.13. The molecule has 0 aliphatic rings. The number of fused-ring (bicyclic) bond motifs is 1. The molecule has 0 radical (unpaired) electrons. The Bertz CT molecular complexity index is 904. The van der Waals surface area contributed by atoms with Crippen LogP contribution in [0.1, 0.15) is 29.1 Å². The predicted octanol–water partition coefficient (Wildman–Crippen LogP) is 3.88. The molecule has 1 atom stereocenters. The zero-order valence-electron chi connectivity index (χ0n) is 11.8. The Morgan fingerprint density at radius 3 is 3.04 bits per heavy atom. The number of hydrogen-bond acceptors (Lipinski definition) is 6. The van der Waals surface area contributed by atoms with Crippen molar-refractivity contribution in [3.8, 4) is 0 Å². The van der Waals surface area contributed by atoms with Crippen molar-refractivity contribution in [2.45, 2.75) is 13.0 Å². The van der Waals surface area contributed by atoms with E-state index >= 15 is 0 Å². The number of carbonyl (C=O) groups is 1. The van der Waals surface area contributed by atoms with E-state index in [1.165, 1.54) is 23.5 Å². The molecule has 0 spiro atoms. The zero-order valence-corrected chi connectivity index (χ0v) is 13.4. The lowest BCUT2D eigenvalue weighted by Gasteiger charge is -2.13. The number of benzene rings is 1. The molecular weight excluding hydrogens is 342 g/mol. The minimum Gasteiger partial charge on any atom is -0.453 e. The molecule has 2 heterocycles. The molecule has 9 heteroatoms. The second-order valence-electron chi connectivity index (χ2n) is 4.71. The van der Waals surface area contributed by atoms with Gasteiger partial charge in [-0.3, -0.25) is 14.5 Å². The lowest BCUT2D eigenvalue weighted by atomic mass is 10.1. The van der Waals surface area contributed by atoms with Gasteiger partial charge in [0.05, 0.1) is 4.92 Å². The monoisotopic (exact) mass is 351 g/mol. The van der Waals surface area contributed by atoms with Gasteiger partial charge in [0.1, 0.15) is 6.10 Å². The average Bonchev–Trinajstić information content (AvgIpc) is 3.06. The fraction of sp³-hybridized carbons (Fsp3) is 0.143. The van der Waals surface area contributed by atoms with Crippen molar-refractivity contribution in [3.05, 3.63) is 62.4 Å². The van der Waals surface area contributed by atoms with Crippen LogP contribution >= 0.6 is 22.9 Å². The van der Waals surface area contributed by atoms with E-state index in [0.29, 0.717) is 10.5 Å². The highest BCUT2D eigenvalue weighted by atomic mass is 35.5. The fourth-order valence-electron chi connectivity index (χ4n) is 2.12. The smallest absolute Gasteiger partial charge is 0.359 e. The predicted molar refractivity (Wildman–Crippen MR) is 85.0 cm³/mol. The number of ether oxygens (including phenoxy) is 1. The van der Waals surface area contributed by atoms with E-state index in [1.807, 2.05) is 0 Å². The molecule has 0 amide bonds. The molecule has 0 fully saturated rings. The second kappa shape index (κ2) is 5.98. The SMILES string of the molecule is C[C@@H](OC(=O)c1c(Cl)nc2sccn12)c1cccc([N+](=O)[O-])c1. The molecule has 0 unspecified atom stereocenters. The molecular formula is C14H10ClN3O4S. The minimum absolute atomic E-state index is 0.0620. The maximum atomic E-state index is 12.3. The Labute approximate surface area is 139 Å². The molecule has 2 aromatic heterocycles. The minimum atomic E-state index is -0.664. The summed E-state index contributed by atoms with van der Waals surface area (Å²) in [6, 6.07) is 5.95. The van der Waals surface area contributed by atoms with E-state index in [2.05, 4.69) is 4.98 Å². The summed E-state index contributed by atoms with van der Waals surface area (Å²) >= 11 is 7.33. The number of halogens is 1. The number of hydrogen-bond donors (Lipinski definition) is 0. The number of non-ortho nitro benzene ring substituents is 1. The second-order valence-corrected chi connectivity index (χ2v) is 5.94. The molecule has 0 N–H and O–H groups in total. The maximum absolute atomic E-state index is 12.3. The number of esters is 1. The standard InChI is InChI=1S/C14H10ClN3O4S/c1-8(9-3-2-4-10(7-9)18(20)21)22-13(19)11-12(15)16-14-17(11)5-6-23-14/h2-8H,1H3/t8-/m1/s1. The quantitative estimate of drug-likeness (QED) is 0.404. The normalized spacial score (nSPS) is 12.3. The highest BCUT2D eigenvalue weighted by molar-refractivity contribution is 7.15. The summed E-state index contributed by atoms with van der Waals surface area (Å²) in [6.45, 7) is 1.64. The van der Waals surface area contributed by atoms with Crippen LogP contribution in [0.5, 0.6) is 0 Å². The van der Waals surface area contributed by atoms with Gasteiger partial charge >= 0.3 is 5.97 Å². The summed E-state index contributed by atoms with van der Waals surface area (Å²) in [5.41, 5.74) is 0.600. The molecule has 1 aromatic carbocycles. The summed E-state index contributed by atoms with van der Waals surface area (Å²) in [7, 11) is 0. The van der Waals surface area contributed by atoms with Crippen molar-refractivity contribution in [2.24, 2.45) is 0 Å². The van der Waals surface area contributed by atoms with Gasteiger partial charge in [0.25, 0.3) is 5.69 Å². The summed E-state index contributed by atoms with van der Waals surface area (Å²) in [6.07, 6.45) is 1.01. The van der Waals surface area contributed by atoms with E-state index in [1.54, 1.807) is 35.0 Å². The molecule has 0 aliphatic heterocycles. The van der Waals surface area contributed by atoms with Gasteiger partial charge in [-0.2, -0.15) is 0 Å². The van der Waals surface area contributed by atoms with E-state index in [9.17, 15) is 14.9 Å². The number of nitrogens with zero attached hydrogens (tertiary/aromatic N) is 3. The Hall–Kier alpha value is -2.45. The van der Waals surface area contributed by atoms with Crippen molar-refractivity contribution in [1.29, 1.82) is 0 Å². The highest BCUT2D eigenvalue weighted by Gasteiger charge is 2.23. The van der Waals surface area contributed by atoms with E-state index in [0.717, 1.165) is 0 Å². The van der Waals surface area contributed by atoms with Crippen molar-refractivity contribution >= 4 is 39.6 Å². The van der Waals surface area contributed by atoms with Crippen LogP contribution in [-0.2, 0) is 4.74 Å². The van der Waals surface area contributed by atoms with Gasteiger partial charge in [-0.05, 0) is 12.5 Å². The van der Waals surface area contributed by atoms with Gasteiger partial charge in [0.15, 0.2) is 15.8 Å². The first kappa shape index (κ1) is 15.4. The van der Waals surface area contributed by atoms with E-state index in [4.69, 9.17) is 16.3 Å². The van der Waals surface area contributed by atoms with Crippen molar-refractivity contribution in [1.82, 2.24) is 9.38 Å². The average molecular weight is 352 g/mol. The third-order valence-corrected chi connectivity index (χ3v) is 4.27. The van der Waals surface area contributed by atoms with E-state index < -0.39 is 17.0 Å². The molecule has 0 aliphatic carbocycles. The number of nitro benzene ring substituents is 1. The number of thiazole rings is 1. The van der Waals surface area contributed by atoms with Crippen LogP contribution in [-0.4, -0.2) is 20.3 Å². The molecule has 0 bridgehead atoms. The molecule has 3 rings (SSSR count). The molecule has 3 aromatic rings. The Morgan fingerprint density at radius 2 is 2.30 bits per heavy atom. The van der Waals surface area contributed by atoms with Crippen LogP contribution in [0.4, 0.5) is 5.69 Å². The molecule has 118 valence electrons. The number of carbonyl (C=O) groups excluding carboxylic acids is 1. The first-order valence-electron chi connectivity index (χ1n) is 6.53. The van der Waals surface area contributed by atoms with Gasteiger partial charge in [-0.15, -0.1) is 11.3 Å². The summed E-state index contributed by atoms with van der Waals surface area (Å²) in [5.74, 6) is -0.639. The first-order chi connectivity index (χ1) is 11.0. The van der Waals surface area contributed by atoms with E-state index in [-0.39, 0.29) is 16.5 Å². The third kappa shape index (κ3) is 2.90. The Balaban J connectivity index is 1.85. The van der Waals surface area contributed by atoms with Gasteiger partial charge in [-0.1, -0.05) is 23.7 Å². The van der Waals surface area contributed by atoms with Crippen LogP contribution in [0.15, 0.2) is 35.8 Å². The lowest BCUT2D eigenvalue weighted by molar-refractivity contribution is -0.385. The lowest BCUT2D eigenvalue weighted by Crippen LogP contribution is -2.11. The van der Waals surface area contributed by atoms with Gasteiger partial charge in [0, 0.05) is 23.7 Å². The molecule has 7 nitrogen and oxygen atoms in total. The van der Waals surface area contributed by atoms with Crippen molar-refractivity contribution < 1.29 is 14.5 Å². The van der Waals surface area contributed by atoms with Gasteiger partial charge < -0.3 is 4.74 Å². The molecule has 23 heavy (non-hydrogen) atoms. The topological polar surface area (TPSA) is 86.7 Å². The van der Waals surface area contributed by atoms with Gasteiger partial charge in [-0.25, -0.2) is 9.78 Å². The number of nitro groups is 1. The van der Waals surface area contributed by atoms with Crippen molar-refractivity contribution in [2.75, 3.05) is 0 Å². The summed E-state index contributed by atoms with van der Waals surface area (Å²) in [5, 5.41) is 12.7. The summed E-state index contributed by atoms with van der Waals surface area (Å²) < 4.78 is 6.92. The zero-order chi connectivity index (χ0) is 16.6. The first-order valence-corrected chi connectivity index (χ1v) is 7.79. The largest absolute Gasteiger partial charge is 0.453 e. The van der Waals surface area contributed by atoms with Crippen LogP contribution in [0, 0.1) is 10.1 Å². The van der Waals surface area contributed by atoms with Crippen LogP contribution < -0.4 is 0 Å². The number of rotatable bonds is 4. The van der Waals surface area contributed by atoms with Gasteiger partial charge in [0.2, 0.25) is 0 Å². The molecule has 0 saturated carbocycles. The number of aromatic nitrogens is 2. The number of imidazole rings is 1. The molecule has 0 saturated heterocycles. The summed E-state index contributed by atoms with van der Waals surface area (Å²) in [4.78, 5) is 27.3. The van der Waals surface area contributed by atoms with Crippen molar-refractivity contribution in [3.63, 3.8) is 0 Å². The third-order valence-electron chi connectivity index (χ3n) is 3.25. The Kier molecular flexibility index (Phi) is 4.01. The van der Waals surface area contributed by atoms with Crippen LogP contribution in [0.3, 0.4) is 0 Å². The maximum Gasteiger partial charge on any atom is 0.359 e. The van der Waals surface area contributed by atoms with Crippen LogP contribution in [0.25, 0.3) is 4.96 Å².